The molecule has 0 unspecified atom stereocenters. The smallest absolute Gasteiger partial charge is 0.500 e. The number of pyridine rings is 8. The number of anilines is 2. The maximum Gasteiger partial charge on any atom is 3.00 e. The number of para-hydroxylation sites is 2. The van der Waals surface area contributed by atoms with Crippen molar-refractivity contribution in [3.05, 3.63) is 613 Å². The van der Waals surface area contributed by atoms with Gasteiger partial charge in [-0.05, 0) is 178 Å². The maximum absolute atomic E-state index is 4.65. The van der Waals surface area contributed by atoms with E-state index in [2.05, 4.69) is 291 Å². The Hall–Kier alpha value is -15.8. The fraction of sp³-hybridized carbons (Fsp3) is 0.0593. The Morgan fingerprint density at radius 3 is 1.15 bits per heavy atom. The van der Waals surface area contributed by atoms with E-state index in [9.17, 15) is 0 Å². The van der Waals surface area contributed by atoms with E-state index in [-0.39, 0.29) is 87.8 Å². The van der Waals surface area contributed by atoms with Crippen LogP contribution in [0.4, 0.5) is 11.4 Å². The quantitative estimate of drug-likeness (QED) is 0.0734. The van der Waals surface area contributed by atoms with Crippen molar-refractivity contribution in [3.8, 4) is 135 Å². The Morgan fingerprint density at radius 2 is 0.691 bits per heavy atom. The molecular formula is C135H110Ir4N10-5. The number of rotatable bonds is 15. The van der Waals surface area contributed by atoms with Crippen LogP contribution in [-0.4, -0.2) is 34.9 Å². The van der Waals surface area contributed by atoms with Crippen LogP contribution in [-0.2, 0) is 93.4 Å². The molecule has 3 radical (unpaired) electrons. The molecule has 0 aliphatic carbocycles. The van der Waals surface area contributed by atoms with Crippen LogP contribution in [0.3, 0.4) is 0 Å². The van der Waals surface area contributed by atoms with Crippen LogP contribution in [0, 0.1) is 75.0 Å². The van der Waals surface area contributed by atoms with Gasteiger partial charge in [0.15, 0.2) is 12.7 Å². The second-order valence-electron chi connectivity index (χ2n) is 33.7. The first kappa shape index (κ1) is 114. The largest absolute Gasteiger partial charge is 3.00 e. The molecule has 14 heteroatoms. The molecule has 0 saturated carbocycles. The van der Waals surface area contributed by atoms with E-state index in [1.165, 1.54) is 66.9 Å². The molecule has 10 nitrogen and oxygen atoms in total. The fourth-order valence-corrected chi connectivity index (χ4v) is 15.8. The zero-order valence-electron chi connectivity index (χ0n) is 82.2. The first-order valence-electron chi connectivity index (χ1n) is 48.0. The summed E-state index contributed by atoms with van der Waals surface area (Å²) in [4.78, 5) is 34.9. The molecule has 741 valence electrons. The molecule has 0 saturated heterocycles. The summed E-state index contributed by atoms with van der Waals surface area (Å²) in [5.74, 6) is 0.641. The molecule has 0 amide bonds. The summed E-state index contributed by atoms with van der Waals surface area (Å²) in [5, 5.41) is 0. The first-order valence-corrected chi connectivity index (χ1v) is 48.0. The molecule has 2 aliphatic rings. The van der Waals surface area contributed by atoms with Crippen LogP contribution in [0.2, 0.25) is 0 Å². The Balaban J connectivity index is 0.000000159. The fourth-order valence-electron chi connectivity index (χ4n) is 15.8. The molecule has 149 heavy (non-hydrogen) atoms. The molecule has 0 N–H and O–H groups in total. The molecule has 2 aliphatic heterocycles. The van der Waals surface area contributed by atoms with Crippen molar-refractivity contribution < 1.29 is 85.0 Å². The van der Waals surface area contributed by atoms with Crippen molar-refractivity contribution in [1.82, 2.24) is 34.9 Å². The average molecular weight is 2640 g/mol. The second-order valence-corrected chi connectivity index (χ2v) is 33.7. The Morgan fingerprint density at radius 1 is 0.289 bits per heavy atom. The number of benzene rings is 14. The minimum atomic E-state index is 0. The molecule has 0 spiro atoms. The number of hydrogen-bond acceptors (Lipinski definition) is 9. The summed E-state index contributed by atoms with van der Waals surface area (Å²) in [6, 6.07) is 186. The number of aryl methyl sites for hydroxylation is 2. The summed E-state index contributed by atoms with van der Waals surface area (Å²) < 4.78 is 2.30. The monoisotopic (exact) mass is 2640 g/mol. The standard InChI is InChI=1S/3C18H14N.C17H12N.C15H12N2.C15H16N.3C11H8N.CH4.4Ir/c1-2-6-14(7-3-1)15-9-10-16-13-19-11-5-4-8-18(19)17(16)12-15;1-14-12-18(16-10-6-3-7-11-16)19-13-17(14)15-8-4-2-5-9-15;1-14-7-5-6-10-17(14)16-11-12-18(19-13-16)15-8-3-2-4-9-15;1-2-7-14(8-3-1)15-9-6-10-16(13-15)17-11-4-5-12-18-17;1-3-7-14(8-4-1)16-11-12-17(13-16)15-9-5-2-6-10-15;1-12(2)11-14-9-6-10-15(16-14)13-7-4-3-5-8-13;3*1-2-6-10(7-3-1)11-8-4-5-9-12-11;;;;;/h1-12H,13H2;2-10,12-13H,1H3;2-8,10-13H,1H3;1-9,11-13H;1-9,11-13H;3-7,9-10,12H,11H2,1-2H3;3*1-6,8-9H;1H4;;;;/q+1;3*-1;-2;4*-1;;;;;+3. The van der Waals surface area contributed by atoms with Gasteiger partial charge in [-0.15, -0.1) is 263 Å². The maximum atomic E-state index is 4.65. The van der Waals surface area contributed by atoms with E-state index in [1.807, 2.05) is 352 Å². The van der Waals surface area contributed by atoms with Gasteiger partial charge < -0.3 is 44.7 Å². The van der Waals surface area contributed by atoms with Gasteiger partial charge in [0.05, 0.1) is 5.56 Å². The van der Waals surface area contributed by atoms with Crippen molar-refractivity contribution in [2.24, 2.45) is 5.92 Å². The summed E-state index contributed by atoms with van der Waals surface area (Å²) in [6.07, 6.45) is 18.3. The van der Waals surface area contributed by atoms with Gasteiger partial charge in [0.1, 0.15) is 0 Å². The molecule has 24 rings (SSSR count). The molecule has 10 heterocycles. The number of fused-ring (bicyclic) bond motifs is 3. The van der Waals surface area contributed by atoms with Gasteiger partial charge in [0.2, 0.25) is 5.69 Å². The van der Waals surface area contributed by atoms with Crippen molar-refractivity contribution in [2.45, 2.75) is 48.1 Å². The summed E-state index contributed by atoms with van der Waals surface area (Å²) in [7, 11) is 0. The molecule has 22 aromatic rings. The average Bonchev–Trinajstić information content (AvgIpc) is 1.63. The molecule has 0 bridgehead atoms. The van der Waals surface area contributed by atoms with Gasteiger partial charge in [0.25, 0.3) is 0 Å². The zero-order valence-corrected chi connectivity index (χ0v) is 91.8. The number of aromatic nitrogens is 8. The zero-order chi connectivity index (χ0) is 98.6. The molecule has 8 aromatic heterocycles. The van der Waals surface area contributed by atoms with Crippen LogP contribution < -0.4 is 14.4 Å². The van der Waals surface area contributed by atoms with Crippen molar-refractivity contribution >= 4 is 11.4 Å². The predicted octanol–water partition coefficient (Wildman–Crippen LogP) is 32.4. The van der Waals surface area contributed by atoms with Crippen molar-refractivity contribution in [2.75, 3.05) is 9.80 Å². The third kappa shape index (κ3) is 34.4. The van der Waals surface area contributed by atoms with Crippen LogP contribution >= 0.6 is 0 Å². The summed E-state index contributed by atoms with van der Waals surface area (Å²) in [5.41, 5.74) is 33.7. The number of hydrogen-bond donors (Lipinski definition) is 0. The first-order chi connectivity index (χ1) is 71.1. The van der Waals surface area contributed by atoms with Crippen LogP contribution in [0.5, 0.6) is 0 Å². The van der Waals surface area contributed by atoms with E-state index in [0.717, 1.165) is 114 Å². The van der Waals surface area contributed by atoms with Gasteiger partial charge in [-0.1, -0.05) is 246 Å². The Kier molecular flexibility index (Phi) is 47.0. The van der Waals surface area contributed by atoms with E-state index in [0.29, 0.717) is 5.92 Å². The van der Waals surface area contributed by atoms with Gasteiger partial charge in [-0.25, -0.2) is 0 Å². The van der Waals surface area contributed by atoms with E-state index >= 15 is 0 Å². The van der Waals surface area contributed by atoms with Crippen LogP contribution in [0.1, 0.15) is 43.7 Å². The predicted molar refractivity (Wildman–Crippen MR) is 597 cm³/mol. The van der Waals surface area contributed by atoms with Gasteiger partial charge in [-0.3, -0.25) is 0 Å². The van der Waals surface area contributed by atoms with Crippen LogP contribution in [0.15, 0.2) is 535 Å². The molecule has 14 aromatic carbocycles. The molecular weight excluding hydrogens is 2530 g/mol. The van der Waals surface area contributed by atoms with Crippen LogP contribution in [0.25, 0.3) is 135 Å². The van der Waals surface area contributed by atoms with Crippen molar-refractivity contribution in [1.29, 1.82) is 0 Å². The minimum Gasteiger partial charge on any atom is -0.500 e. The summed E-state index contributed by atoms with van der Waals surface area (Å²) in [6.45, 7) is 11.7. The van der Waals surface area contributed by atoms with Gasteiger partial charge in [0, 0.05) is 132 Å². The third-order valence-electron chi connectivity index (χ3n) is 23.0. The van der Waals surface area contributed by atoms with Gasteiger partial charge >= 0.3 is 20.1 Å². The van der Waals surface area contributed by atoms with Gasteiger partial charge in [-0.2, -0.15) is 34.9 Å². The van der Waals surface area contributed by atoms with E-state index in [4.69, 9.17) is 0 Å². The minimum absolute atomic E-state index is 0. The summed E-state index contributed by atoms with van der Waals surface area (Å²) >= 11 is 0. The molecule has 0 fully saturated rings. The Bertz CT molecular complexity index is 7180. The van der Waals surface area contributed by atoms with E-state index in [1.54, 1.807) is 24.8 Å². The van der Waals surface area contributed by atoms with Crippen molar-refractivity contribution in [3.63, 3.8) is 0 Å². The third-order valence-corrected chi connectivity index (χ3v) is 23.0. The topological polar surface area (TPSA) is 101 Å². The van der Waals surface area contributed by atoms with E-state index < -0.39 is 0 Å². The second kappa shape index (κ2) is 61.6. The normalized spacial score (nSPS) is 10.5. The number of nitrogens with zero attached hydrogens (tertiary/aromatic N) is 10. The molecule has 0 atom stereocenters. The Labute approximate surface area is 933 Å². The SMILES string of the molecule is C.CC(C)Cc1cccc(-c2[c-]cccc2)n1.Cc1cc(-c2[c-]cccc2)ncc1-c1ccccc1.Cc1ccccc1-c1ccc(-c2[c-]cccc2)nc1.[Ir+3].[Ir].[Ir].[Ir].[c-]1ccc(-c2ccccc2)cc1-c1ccccn1.[c-]1ccccc1-c1ccccn1.[c-]1ccccc1-c1ccccn1.[c-]1ccccc1-c1ccccn1.[c-]1ccccc1N1C=CN(c2ccccc2)[CH-]1.c1ccc(-c2ccc3c(c2)-c2cccc[n+]2C3)cc1.